The molecule has 1 aliphatic rings. The fourth-order valence-corrected chi connectivity index (χ4v) is 3.07. The van der Waals surface area contributed by atoms with E-state index in [4.69, 9.17) is 9.47 Å². The zero-order valence-electron chi connectivity index (χ0n) is 12.3. The third kappa shape index (κ3) is 3.53. The average molecular weight is 373 g/mol. The molecule has 2 aromatic carbocycles. The molecule has 10 heteroatoms. The molecular weight excluding hydrogens is 363 g/mol. The number of ether oxygens (including phenoxy) is 2. The molecule has 0 fully saturated rings. The molecule has 1 aliphatic heterocycles. The minimum absolute atomic E-state index is 0.000244. The van der Waals surface area contributed by atoms with Crippen LogP contribution in [0.3, 0.4) is 0 Å². The first-order valence-electron chi connectivity index (χ1n) is 6.81. The molecule has 132 valence electrons. The van der Waals surface area contributed by atoms with Gasteiger partial charge in [0.05, 0.1) is 10.5 Å². The fourth-order valence-electron chi connectivity index (χ4n) is 2.10. The molecule has 1 N–H and O–H groups in total. The number of nitrogens with one attached hydrogen (secondary N) is 1. The largest absolute Gasteiger partial charge is 0.454 e. The van der Waals surface area contributed by atoms with E-state index in [2.05, 4.69) is 0 Å². The number of carbonyl (C=O) groups excluding carboxylic acids is 1. The summed E-state index contributed by atoms with van der Waals surface area (Å²) < 4.78 is 73.8. The van der Waals surface area contributed by atoms with Gasteiger partial charge in [-0.3, -0.25) is 4.79 Å². The van der Waals surface area contributed by atoms with Crippen molar-refractivity contribution < 1.29 is 35.9 Å². The van der Waals surface area contributed by atoms with Crippen molar-refractivity contribution in [1.29, 1.82) is 0 Å². The first kappa shape index (κ1) is 17.1. The van der Waals surface area contributed by atoms with Crippen LogP contribution in [-0.4, -0.2) is 21.1 Å². The number of carbonyl (C=O) groups is 1. The maximum atomic E-state index is 12.5. The van der Waals surface area contributed by atoms with Crippen molar-refractivity contribution in [2.45, 2.75) is 11.1 Å². The van der Waals surface area contributed by atoms with Crippen molar-refractivity contribution in [1.82, 2.24) is 4.72 Å². The summed E-state index contributed by atoms with van der Waals surface area (Å²) in [6.45, 7) is -0.00966. The van der Waals surface area contributed by atoms with Gasteiger partial charge in [0.25, 0.3) is 15.9 Å². The molecule has 0 aliphatic carbocycles. The Morgan fingerprint density at radius 2 is 1.64 bits per heavy atom. The Labute approximate surface area is 140 Å². The Morgan fingerprint density at radius 3 is 2.28 bits per heavy atom. The van der Waals surface area contributed by atoms with Crippen molar-refractivity contribution in [3.8, 4) is 11.5 Å². The second-order valence-corrected chi connectivity index (χ2v) is 6.71. The Kier molecular flexibility index (Phi) is 4.07. The van der Waals surface area contributed by atoms with E-state index in [9.17, 15) is 26.4 Å². The molecule has 25 heavy (non-hydrogen) atoms. The molecule has 6 nitrogen and oxygen atoms in total. The van der Waals surface area contributed by atoms with Crippen LogP contribution in [0, 0.1) is 0 Å². The molecule has 0 unspecified atom stereocenters. The average Bonchev–Trinajstić information content (AvgIpc) is 3.01. The monoisotopic (exact) mass is 373 g/mol. The van der Waals surface area contributed by atoms with E-state index in [0.717, 1.165) is 12.1 Å². The van der Waals surface area contributed by atoms with Gasteiger partial charge in [-0.15, -0.1) is 0 Å². The topological polar surface area (TPSA) is 81.7 Å². The molecule has 0 saturated heterocycles. The van der Waals surface area contributed by atoms with E-state index in [1.165, 1.54) is 18.2 Å². The lowest BCUT2D eigenvalue weighted by molar-refractivity contribution is -0.137. The van der Waals surface area contributed by atoms with E-state index in [0.29, 0.717) is 23.6 Å². The van der Waals surface area contributed by atoms with Crippen LogP contribution in [-0.2, 0) is 16.2 Å². The van der Waals surface area contributed by atoms with Gasteiger partial charge in [0.1, 0.15) is 0 Å². The van der Waals surface area contributed by atoms with Crippen molar-refractivity contribution in [3.63, 3.8) is 0 Å². The smallest absolute Gasteiger partial charge is 0.416 e. The standard InChI is InChI=1S/C15H10F3NO5S/c16-15(17,18)10-2-4-11(5-3-10)25(21,22)19-14(20)9-1-6-12-13(7-9)24-8-23-12/h1-7H,8H2,(H,19,20). The van der Waals surface area contributed by atoms with Crippen LogP contribution in [0.1, 0.15) is 15.9 Å². The maximum absolute atomic E-state index is 12.5. The van der Waals surface area contributed by atoms with Gasteiger partial charge in [0.2, 0.25) is 6.79 Å². The minimum atomic E-state index is -4.59. The second kappa shape index (κ2) is 5.96. The Morgan fingerprint density at radius 1 is 1.00 bits per heavy atom. The summed E-state index contributed by atoms with van der Waals surface area (Å²) >= 11 is 0. The number of benzene rings is 2. The third-order valence-electron chi connectivity index (χ3n) is 3.35. The van der Waals surface area contributed by atoms with E-state index in [1.54, 1.807) is 4.72 Å². The van der Waals surface area contributed by atoms with Crippen LogP contribution in [0.15, 0.2) is 47.4 Å². The van der Waals surface area contributed by atoms with Crippen molar-refractivity contribution in [2.24, 2.45) is 0 Å². The third-order valence-corrected chi connectivity index (χ3v) is 4.70. The predicted octanol–water partition coefficient (Wildman–Crippen LogP) is 2.55. The zero-order chi connectivity index (χ0) is 18.2. The SMILES string of the molecule is O=C(NS(=O)(=O)c1ccc(C(F)(F)F)cc1)c1ccc2c(c1)OCO2. The summed E-state index contributed by atoms with van der Waals surface area (Å²) in [4.78, 5) is 11.6. The van der Waals surface area contributed by atoms with Gasteiger partial charge in [-0.05, 0) is 42.5 Å². The zero-order valence-corrected chi connectivity index (χ0v) is 13.1. The molecule has 1 heterocycles. The van der Waals surface area contributed by atoms with Gasteiger partial charge in [-0.25, -0.2) is 13.1 Å². The number of alkyl halides is 3. The highest BCUT2D eigenvalue weighted by molar-refractivity contribution is 7.90. The van der Waals surface area contributed by atoms with Crippen LogP contribution >= 0.6 is 0 Å². The lowest BCUT2D eigenvalue weighted by atomic mass is 10.2. The quantitative estimate of drug-likeness (QED) is 0.894. The van der Waals surface area contributed by atoms with Crippen LogP contribution in [0.5, 0.6) is 11.5 Å². The molecule has 3 rings (SSSR count). The predicted molar refractivity (Wildman–Crippen MR) is 78.7 cm³/mol. The summed E-state index contributed by atoms with van der Waals surface area (Å²) in [7, 11) is -4.32. The summed E-state index contributed by atoms with van der Waals surface area (Å²) in [5, 5.41) is 0. The van der Waals surface area contributed by atoms with Gasteiger partial charge < -0.3 is 9.47 Å². The van der Waals surface area contributed by atoms with Crippen LogP contribution in [0.4, 0.5) is 13.2 Å². The Bertz CT molecular complexity index is 923. The van der Waals surface area contributed by atoms with Crippen LogP contribution in [0.25, 0.3) is 0 Å². The highest BCUT2D eigenvalue weighted by atomic mass is 32.2. The highest BCUT2D eigenvalue weighted by Gasteiger charge is 2.31. The summed E-state index contributed by atoms with van der Waals surface area (Å²) in [5.74, 6) is -0.236. The van der Waals surface area contributed by atoms with Gasteiger partial charge in [-0.2, -0.15) is 13.2 Å². The van der Waals surface area contributed by atoms with E-state index in [-0.39, 0.29) is 12.4 Å². The number of fused-ring (bicyclic) bond motifs is 1. The number of sulfonamides is 1. The molecule has 0 bridgehead atoms. The summed E-state index contributed by atoms with van der Waals surface area (Å²) in [5.41, 5.74) is -0.992. The minimum Gasteiger partial charge on any atom is -0.454 e. The molecular formula is C15H10F3NO5S. The van der Waals surface area contributed by atoms with Crippen LogP contribution in [0.2, 0.25) is 0 Å². The fraction of sp³-hybridized carbons (Fsp3) is 0.133. The number of hydrogen-bond donors (Lipinski definition) is 1. The lowest BCUT2D eigenvalue weighted by Crippen LogP contribution is -2.30. The number of rotatable bonds is 3. The highest BCUT2D eigenvalue weighted by Crippen LogP contribution is 2.32. The van der Waals surface area contributed by atoms with Crippen molar-refractivity contribution >= 4 is 15.9 Å². The molecule has 0 atom stereocenters. The van der Waals surface area contributed by atoms with Gasteiger partial charge in [0, 0.05) is 5.56 Å². The number of halogens is 3. The molecule has 0 radical (unpaired) electrons. The van der Waals surface area contributed by atoms with Crippen molar-refractivity contribution in [3.05, 3.63) is 53.6 Å². The molecule has 0 spiro atoms. The second-order valence-electron chi connectivity index (χ2n) is 5.02. The molecule has 1 amide bonds. The van der Waals surface area contributed by atoms with Gasteiger partial charge in [-0.1, -0.05) is 0 Å². The van der Waals surface area contributed by atoms with Crippen LogP contribution < -0.4 is 14.2 Å². The molecule has 2 aromatic rings. The van der Waals surface area contributed by atoms with Gasteiger partial charge in [0.15, 0.2) is 11.5 Å². The summed E-state index contributed by atoms with van der Waals surface area (Å²) in [6, 6.07) is 6.89. The van der Waals surface area contributed by atoms with E-state index >= 15 is 0 Å². The molecule has 0 aromatic heterocycles. The Hall–Kier alpha value is -2.75. The first-order valence-corrected chi connectivity index (χ1v) is 8.29. The Balaban J connectivity index is 1.80. The van der Waals surface area contributed by atoms with E-state index < -0.39 is 32.6 Å². The first-order chi connectivity index (χ1) is 11.7. The van der Waals surface area contributed by atoms with Crippen molar-refractivity contribution in [2.75, 3.05) is 6.79 Å². The van der Waals surface area contributed by atoms with Gasteiger partial charge >= 0.3 is 6.18 Å². The summed E-state index contributed by atoms with van der Waals surface area (Å²) in [6.07, 6.45) is -4.59. The normalized spacial score (nSPS) is 13.6. The number of amides is 1. The lowest BCUT2D eigenvalue weighted by Gasteiger charge is -2.09. The number of hydrogen-bond acceptors (Lipinski definition) is 5. The maximum Gasteiger partial charge on any atom is 0.416 e. The van der Waals surface area contributed by atoms with E-state index in [1.807, 2.05) is 0 Å². The molecule has 0 saturated carbocycles.